The standard InChI is InChI=1S/C16H21F3N2O2/c1-2-20-10-11-5-7-21(8-6-11)15(22)13-4-3-12(17)9-14(13)23-16(18)19/h3-4,9,11,16,20H,2,5-8,10H2,1H3. The van der Waals surface area contributed by atoms with Gasteiger partial charge in [-0.3, -0.25) is 4.79 Å². The maximum Gasteiger partial charge on any atom is 0.387 e. The van der Waals surface area contributed by atoms with Crippen molar-refractivity contribution in [3.8, 4) is 5.75 Å². The van der Waals surface area contributed by atoms with E-state index in [0.717, 1.165) is 38.1 Å². The molecule has 1 amide bonds. The number of nitrogens with one attached hydrogen (secondary N) is 1. The molecule has 0 spiro atoms. The zero-order valence-corrected chi connectivity index (χ0v) is 13.0. The maximum atomic E-state index is 13.2. The van der Waals surface area contributed by atoms with Crippen molar-refractivity contribution in [1.82, 2.24) is 10.2 Å². The molecule has 0 bridgehead atoms. The van der Waals surface area contributed by atoms with Gasteiger partial charge < -0.3 is 15.0 Å². The van der Waals surface area contributed by atoms with E-state index in [4.69, 9.17) is 0 Å². The van der Waals surface area contributed by atoms with E-state index in [1.54, 1.807) is 4.90 Å². The molecule has 1 N–H and O–H groups in total. The highest BCUT2D eigenvalue weighted by Gasteiger charge is 2.26. The van der Waals surface area contributed by atoms with Crippen LogP contribution in [0.5, 0.6) is 5.75 Å². The van der Waals surface area contributed by atoms with Gasteiger partial charge in [0, 0.05) is 19.2 Å². The van der Waals surface area contributed by atoms with Gasteiger partial charge in [0.05, 0.1) is 5.56 Å². The largest absolute Gasteiger partial charge is 0.434 e. The summed E-state index contributed by atoms with van der Waals surface area (Å²) in [5.41, 5.74) is -0.0307. The second kappa shape index (κ2) is 8.19. The second-order valence-corrected chi connectivity index (χ2v) is 5.56. The highest BCUT2D eigenvalue weighted by Crippen LogP contribution is 2.26. The number of piperidine rings is 1. The number of alkyl halides is 2. The summed E-state index contributed by atoms with van der Waals surface area (Å²) in [5, 5.41) is 3.28. The van der Waals surface area contributed by atoms with E-state index in [1.807, 2.05) is 6.92 Å². The number of nitrogens with zero attached hydrogens (tertiary/aromatic N) is 1. The van der Waals surface area contributed by atoms with Crippen LogP contribution in [0.2, 0.25) is 0 Å². The van der Waals surface area contributed by atoms with Crippen LogP contribution in [0.4, 0.5) is 13.2 Å². The molecular weight excluding hydrogens is 309 g/mol. The van der Waals surface area contributed by atoms with Crippen molar-refractivity contribution in [2.45, 2.75) is 26.4 Å². The van der Waals surface area contributed by atoms with Gasteiger partial charge in [0.2, 0.25) is 0 Å². The summed E-state index contributed by atoms with van der Waals surface area (Å²) in [4.78, 5) is 14.1. The lowest BCUT2D eigenvalue weighted by Gasteiger charge is -2.32. The molecule has 128 valence electrons. The summed E-state index contributed by atoms with van der Waals surface area (Å²) in [6.45, 7) is 1.87. The van der Waals surface area contributed by atoms with Crippen LogP contribution in [0.3, 0.4) is 0 Å². The summed E-state index contributed by atoms with van der Waals surface area (Å²) in [6, 6.07) is 3.08. The van der Waals surface area contributed by atoms with Crippen LogP contribution in [0.15, 0.2) is 18.2 Å². The zero-order chi connectivity index (χ0) is 16.8. The number of carbonyl (C=O) groups is 1. The van der Waals surface area contributed by atoms with Crippen LogP contribution in [-0.2, 0) is 0 Å². The summed E-state index contributed by atoms with van der Waals surface area (Å²) in [7, 11) is 0. The summed E-state index contributed by atoms with van der Waals surface area (Å²) >= 11 is 0. The molecule has 7 heteroatoms. The number of halogens is 3. The fourth-order valence-corrected chi connectivity index (χ4v) is 2.73. The molecule has 4 nitrogen and oxygen atoms in total. The molecule has 2 rings (SSSR count). The van der Waals surface area contributed by atoms with E-state index in [1.165, 1.54) is 6.07 Å². The molecule has 1 saturated heterocycles. The van der Waals surface area contributed by atoms with E-state index in [9.17, 15) is 18.0 Å². The van der Waals surface area contributed by atoms with Gasteiger partial charge in [-0.2, -0.15) is 8.78 Å². The van der Waals surface area contributed by atoms with Crippen LogP contribution in [-0.4, -0.2) is 43.6 Å². The molecule has 0 unspecified atom stereocenters. The molecule has 0 radical (unpaired) electrons. The minimum absolute atomic E-state index is 0.0307. The topological polar surface area (TPSA) is 41.6 Å². The van der Waals surface area contributed by atoms with Crippen LogP contribution in [0.1, 0.15) is 30.1 Å². The number of likely N-dealkylation sites (tertiary alicyclic amines) is 1. The van der Waals surface area contributed by atoms with Crippen LogP contribution in [0.25, 0.3) is 0 Å². The predicted octanol–water partition coefficient (Wildman–Crippen LogP) is 2.89. The van der Waals surface area contributed by atoms with E-state index in [-0.39, 0.29) is 5.56 Å². The van der Waals surface area contributed by atoms with E-state index in [2.05, 4.69) is 10.1 Å². The Bertz CT molecular complexity index is 532. The van der Waals surface area contributed by atoms with Crippen molar-refractivity contribution >= 4 is 5.91 Å². The van der Waals surface area contributed by atoms with Gasteiger partial charge in [-0.25, -0.2) is 4.39 Å². The first-order valence-electron chi connectivity index (χ1n) is 7.75. The first-order chi connectivity index (χ1) is 11.0. The number of hydrogen-bond acceptors (Lipinski definition) is 3. The SMILES string of the molecule is CCNCC1CCN(C(=O)c2ccc(F)cc2OC(F)F)CC1. The Balaban J connectivity index is 2.03. The van der Waals surface area contributed by atoms with Crippen molar-refractivity contribution in [3.63, 3.8) is 0 Å². The molecule has 1 heterocycles. The minimum Gasteiger partial charge on any atom is -0.434 e. The van der Waals surface area contributed by atoms with Crippen molar-refractivity contribution in [2.75, 3.05) is 26.2 Å². The Kier molecular flexibility index (Phi) is 6.27. The monoisotopic (exact) mass is 330 g/mol. The zero-order valence-electron chi connectivity index (χ0n) is 13.0. The van der Waals surface area contributed by atoms with Crippen molar-refractivity contribution in [2.24, 2.45) is 5.92 Å². The van der Waals surface area contributed by atoms with E-state index >= 15 is 0 Å². The van der Waals surface area contributed by atoms with Gasteiger partial charge in [-0.15, -0.1) is 0 Å². The molecule has 1 aliphatic rings. The molecule has 23 heavy (non-hydrogen) atoms. The number of carbonyl (C=O) groups excluding carboxylic acids is 1. The van der Waals surface area contributed by atoms with Gasteiger partial charge in [0.1, 0.15) is 11.6 Å². The van der Waals surface area contributed by atoms with Gasteiger partial charge in [0.15, 0.2) is 0 Å². The van der Waals surface area contributed by atoms with Crippen molar-refractivity contribution < 1.29 is 22.7 Å². The third kappa shape index (κ3) is 4.86. The number of benzene rings is 1. The highest BCUT2D eigenvalue weighted by atomic mass is 19.3. The minimum atomic E-state index is -3.10. The predicted molar refractivity (Wildman–Crippen MR) is 80.2 cm³/mol. The summed E-state index contributed by atoms with van der Waals surface area (Å²) < 4.78 is 42.4. The summed E-state index contributed by atoms with van der Waals surface area (Å²) in [6.07, 6.45) is 1.70. The Morgan fingerprint density at radius 3 is 2.70 bits per heavy atom. The molecule has 0 aromatic heterocycles. The quantitative estimate of drug-likeness (QED) is 0.872. The lowest BCUT2D eigenvalue weighted by molar-refractivity contribution is -0.0504. The highest BCUT2D eigenvalue weighted by molar-refractivity contribution is 5.97. The van der Waals surface area contributed by atoms with Gasteiger partial charge >= 0.3 is 6.61 Å². The molecule has 1 aromatic rings. The number of amides is 1. The van der Waals surface area contributed by atoms with Crippen molar-refractivity contribution in [1.29, 1.82) is 0 Å². The van der Waals surface area contributed by atoms with Gasteiger partial charge in [-0.1, -0.05) is 6.92 Å². The smallest absolute Gasteiger partial charge is 0.387 e. The third-order valence-corrected chi connectivity index (χ3v) is 3.97. The lowest BCUT2D eigenvalue weighted by atomic mass is 9.96. The Morgan fingerprint density at radius 1 is 1.39 bits per heavy atom. The maximum absolute atomic E-state index is 13.2. The van der Waals surface area contributed by atoms with Gasteiger partial charge in [0.25, 0.3) is 5.91 Å². The normalized spacial score (nSPS) is 16.0. The molecule has 1 aliphatic heterocycles. The molecule has 0 saturated carbocycles. The molecule has 0 aliphatic carbocycles. The van der Waals surface area contributed by atoms with Gasteiger partial charge in [-0.05, 0) is 44.0 Å². The first kappa shape index (κ1) is 17.6. The van der Waals surface area contributed by atoms with Crippen molar-refractivity contribution in [3.05, 3.63) is 29.6 Å². The lowest BCUT2D eigenvalue weighted by Crippen LogP contribution is -2.41. The Morgan fingerprint density at radius 2 is 2.09 bits per heavy atom. The van der Waals surface area contributed by atoms with Crippen LogP contribution >= 0.6 is 0 Å². The number of rotatable bonds is 6. The molecular formula is C16H21F3N2O2. The van der Waals surface area contributed by atoms with Crippen LogP contribution < -0.4 is 10.1 Å². The third-order valence-electron chi connectivity index (χ3n) is 3.97. The average Bonchev–Trinajstić information content (AvgIpc) is 2.52. The fraction of sp³-hybridized carbons (Fsp3) is 0.562. The Labute approximate surface area is 133 Å². The van der Waals surface area contributed by atoms with Crippen LogP contribution in [0, 0.1) is 11.7 Å². The summed E-state index contributed by atoms with van der Waals surface area (Å²) in [5.74, 6) is -1.03. The molecule has 1 fully saturated rings. The number of ether oxygens (including phenoxy) is 1. The Hall–Kier alpha value is -1.76. The van der Waals surface area contributed by atoms with E-state index in [0.29, 0.717) is 19.0 Å². The average molecular weight is 330 g/mol. The fourth-order valence-electron chi connectivity index (χ4n) is 2.73. The van der Waals surface area contributed by atoms with E-state index < -0.39 is 24.1 Å². The number of hydrogen-bond donors (Lipinski definition) is 1. The molecule has 0 atom stereocenters. The first-order valence-corrected chi connectivity index (χ1v) is 7.75. The second-order valence-electron chi connectivity index (χ2n) is 5.56. The molecule has 1 aromatic carbocycles.